The van der Waals surface area contributed by atoms with Crippen molar-refractivity contribution in [2.45, 2.75) is 234 Å². The first-order valence-electron chi connectivity index (χ1n) is 29.7. The lowest BCUT2D eigenvalue weighted by Crippen LogP contribution is -2.51. The summed E-state index contributed by atoms with van der Waals surface area (Å²) in [5.41, 5.74) is 2.48. The highest BCUT2D eigenvalue weighted by molar-refractivity contribution is 5.69. The maximum atomic E-state index is 12.9. The minimum atomic E-state index is 0.0384. The molecule has 0 aliphatic heterocycles. The molecular weight excluding hydrogens is 861 g/mol. The molecule has 8 unspecified atom stereocenters. The van der Waals surface area contributed by atoms with Gasteiger partial charge in [0.15, 0.2) is 0 Å². The lowest BCUT2D eigenvalue weighted by atomic mass is 9.47. The van der Waals surface area contributed by atoms with Gasteiger partial charge in [0.25, 0.3) is 0 Å². The fraction of sp³-hybridized carbons (Fsp3) is 0.638. The van der Waals surface area contributed by atoms with E-state index in [2.05, 4.69) is 181 Å². The molecule has 2 nitrogen and oxygen atoms in total. The van der Waals surface area contributed by atoms with Crippen molar-refractivity contribution >= 4 is 5.97 Å². The molecule has 0 amide bonds. The Balaban J connectivity index is 0.925. The minimum Gasteiger partial charge on any atom is -0.462 e. The molecule has 2 heteroatoms. The molecule has 0 radical (unpaired) electrons. The summed E-state index contributed by atoms with van der Waals surface area (Å²) in [7, 11) is 0. The maximum absolute atomic E-state index is 12.9. The number of ether oxygens (including phenoxy) is 1. The molecule has 0 aromatic carbocycles. The Hall–Kier alpha value is -3.65. The number of rotatable bonds is 35. The zero-order valence-electron chi connectivity index (χ0n) is 46.6. The van der Waals surface area contributed by atoms with Crippen LogP contribution in [0.1, 0.15) is 228 Å². The van der Waals surface area contributed by atoms with E-state index in [9.17, 15) is 4.79 Å². The van der Waals surface area contributed by atoms with Gasteiger partial charge in [-0.15, -0.1) is 0 Å². The van der Waals surface area contributed by atoms with Crippen LogP contribution in [-0.4, -0.2) is 12.1 Å². The van der Waals surface area contributed by atoms with Gasteiger partial charge in [0, 0.05) is 12.8 Å². The van der Waals surface area contributed by atoms with Crippen molar-refractivity contribution in [2.24, 2.45) is 46.3 Å². The highest BCUT2D eigenvalue weighted by Crippen LogP contribution is 2.67. The second-order valence-electron chi connectivity index (χ2n) is 22.9. The van der Waals surface area contributed by atoms with E-state index >= 15 is 0 Å². The van der Waals surface area contributed by atoms with Gasteiger partial charge in [0.2, 0.25) is 0 Å². The second kappa shape index (κ2) is 36.3. The van der Waals surface area contributed by atoms with E-state index in [0.717, 1.165) is 138 Å². The minimum absolute atomic E-state index is 0.0384. The molecule has 394 valence electrons. The molecule has 3 fully saturated rings. The molecule has 0 aromatic rings. The van der Waals surface area contributed by atoms with Crippen molar-refractivity contribution in [3.05, 3.63) is 145 Å². The summed E-state index contributed by atoms with van der Waals surface area (Å²) < 4.78 is 6.16. The van der Waals surface area contributed by atoms with Crippen LogP contribution in [0.5, 0.6) is 0 Å². The van der Waals surface area contributed by atoms with E-state index < -0.39 is 0 Å². The Morgan fingerprint density at radius 3 is 1.54 bits per heavy atom. The van der Waals surface area contributed by atoms with E-state index in [1.54, 1.807) is 5.57 Å². The summed E-state index contributed by atoms with van der Waals surface area (Å²) in [6, 6.07) is 0. The van der Waals surface area contributed by atoms with Crippen LogP contribution in [-0.2, 0) is 9.53 Å². The van der Waals surface area contributed by atoms with Gasteiger partial charge in [-0.25, -0.2) is 0 Å². The fourth-order valence-corrected chi connectivity index (χ4v) is 13.1. The first kappa shape index (κ1) is 59.9. The van der Waals surface area contributed by atoms with Gasteiger partial charge in [-0.2, -0.15) is 0 Å². The molecule has 4 aliphatic rings. The third kappa shape index (κ3) is 23.0. The number of fused-ring (bicyclic) bond motifs is 5. The number of hydrogen-bond acceptors (Lipinski definition) is 2. The zero-order chi connectivity index (χ0) is 50.7. The van der Waals surface area contributed by atoms with Crippen molar-refractivity contribution < 1.29 is 9.53 Å². The molecular formula is C69H106O2. The van der Waals surface area contributed by atoms with Crippen LogP contribution in [0.2, 0.25) is 0 Å². The molecule has 0 heterocycles. The number of allylic oxidation sites excluding steroid dienone is 23. The van der Waals surface area contributed by atoms with Gasteiger partial charge in [-0.3, -0.25) is 4.79 Å². The number of carbonyl (C=O) groups is 1. The van der Waals surface area contributed by atoms with Crippen LogP contribution in [0, 0.1) is 46.3 Å². The summed E-state index contributed by atoms with van der Waals surface area (Å²) >= 11 is 0. The van der Waals surface area contributed by atoms with Crippen LogP contribution in [0.4, 0.5) is 0 Å². The summed E-state index contributed by atoms with van der Waals surface area (Å²) in [6.45, 7) is 14.8. The van der Waals surface area contributed by atoms with Crippen LogP contribution in [0.25, 0.3) is 0 Å². The quantitative estimate of drug-likeness (QED) is 0.0359. The zero-order valence-corrected chi connectivity index (χ0v) is 46.6. The van der Waals surface area contributed by atoms with Crippen LogP contribution >= 0.6 is 0 Å². The average Bonchev–Trinajstić information content (AvgIpc) is 3.72. The molecule has 4 aliphatic carbocycles. The summed E-state index contributed by atoms with van der Waals surface area (Å²) in [5.74, 6) is 5.23. The van der Waals surface area contributed by atoms with E-state index in [1.165, 1.54) is 77.0 Å². The third-order valence-corrected chi connectivity index (χ3v) is 17.1. The Labute approximate surface area is 439 Å². The van der Waals surface area contributed by atoms with Crippen LogP contribution in [0.15, 0.2) is 145 Å². The molecule has 0 N–H and O–H groups in total. The smallest absolute Gasteiger partial charge is 0.306 e. The lowest BCUT2D eigenvalue weighted by molar-refractivity contribution is -0.151. The highest BCUT2D eigenvalue weighted by atomic mass is 16.5. The number of hydrogen-bond donors (Lipinski definition) is 0. The molecule has 0 spiro atoms. The molecule has 8 atom stereocenters. The second-order valence-corrected chi connectivity index (χ2v) is 22.9. The van der Waals surface area contributed by atoms with Gasteiger partial charge < -0.3 is 4.74 Å². The summed E-state index contributed by atoms with van der Waals surface area (Å²) in [5, 5.41) is 0. The monoisotopic (exact) mass is 967 g/mol. The van der Waals surface area contributed by atoms with Crippen molar-refractivity contribution in [1.29, 1.82) is 0 Å². The first-order chi connectivity index (χ1) is 34.7. The molecule has 71 heavy (non-hydrogen) atoms. The van der Waals surface area contributed by atoms with E-state index in [1.807, 2.05) is 0 Å². The van der Waals surface area contributed by atoms with Crippen molar-refractivity contribution in [3.63, 3.8) is 0 Å². The Morgan fingerprint density at radius 1 is 0.549 bits per heavy atom. The van der Waals surface area contributed by atoms with Gasteiger partial charge >= 0.3 is 5.97 Å². The molecule has 0 aromatic heterocycles. The third-order valence-electron chi connectivity index (χ3n) is 17.1. The molecule has 3 saturated carbocycles. The first-order valence-corrected chi connectivity index (χ1v) is 29.7. The highest BCUT2D eigenvalue weighted by Gasteiger charge is 2.59. The summed E-state index contributed by atoms with van der Waals surface area (Å²) in [4.78, 5) is 12.9. The Morgan fingerprint density at radius 2 is 1.03 bits per heavy atom. The number of esters is 1. The molecule has 4 rings (SSSR count). The lowest BCUT2D eigenvalue weighted by Gasteiger charge is -2.58. The van der Waals surface area contributed by atoms with Gasteiger partial charge in [-0.1, -0.05) is 225 Å². The predicted octanol–water partition coefficient (Wildman–Crippen LogP) is 21.1. The van der Waals surface area contributed by atoms with Crippen molar-refractivity contribution in [3.8, 4) is 0 Å². The predicted molar refractivity (Wildman–Crippen MR) is 312 cm³/mol. The van der Waals surface area contributed by atoms with E-state index in [4.69, 9.17) is 4.74 Å². The molecule has 0 bridgehead atoms. The van der Waals surface area contributed by atoms with E-state index in [0.29, 0.717) is 17.3 Å². The topological polar surface area (TPSA) is 26.3 Å². The normalized spacial score (nSPS) is 26.7. The Kier molecular flexibility index (Phi) is 30.6. The number of carbonyl (C=O) groups excluding carboxylic acids is 1. The number of unbranched alkanes of at least 4 members (excludes halogenated alkanes) is 5. The van der Waals surface area contributed by atoms with Crippen LogP contribution in [0.3, 0.4) is 0 Å². The average molecular weight is 968 g/mol. The SMILES string of the molecule is CC/C=C\C/C=C\C/C=C\C/C=C\C/C=C\C/C=C\C/C=C\C/C=C\C/C=C\C/C=C\C/C=C\CCCCCCCC(=O)OC1CCC2(C)C(=CCC3C2CCC2(C)C(C(C)CCCC(C)C)CCC32)C1. The Bertz CT molecular complexity index is 1820. The fourth-order valence-electron chi connectivity index (χ4n) is 13.1. The maximum Gasteiger partial charge on any atom is 0.306 e. The largest absolute Gasteiger partial charge is 0.462 e. The van der Waals surface area contributed by atoms with Gasteiger partial charge in [0.05, 0.1) is 0 Å². The molecule has 0 saturated heterocycles. The van der Waals surface area contributed by atoms with Gasteiger partial charge in [-0.05, 0) is 181 Å². The van der Waals surface area contributed by atoms with Crippen LogP contribution < -0.4 is 0 Å². The van der Waals surface area contributed by atoms with Crippen molar-refractivity contribution in [1.82, 2.24) is 0 Å². The summed E-state index contributed by atoms with van der Waals surface area (Å²) in [6.07, 6.45) is 85.5. The van der Waals surface area contributed by atoms with Gasteiger partial charge in [0.1, 0.15) is 6.10 Å². The van der Waals surface area contributed by atoms with Crippen molar-refractivity contribution in [2.75, 3.05) is 0 Å². The standard InChI is InChI=1S/C69H106O2/c1-7-8-9-10-11-12-13-14-15-16-17-18-19-20-21-22-23-24-25-26-27-28-29-30-31-32-33-34-35-36-37-38-39-40-41-42-43-44-45-49-67(70)71-62-54-56-68(5)61(58-62)50-51-63-65-53-52-64(60(4)48-46-47-59(2)3)69(65,6)57-55-66(63)68/h8-9,11-12,14-15,17-18,20-21,23-24,26-27,29-30,32-33,35-36,38-39,50,59-60,62-66H,7,10,13,16,19,22,25,28,31,34,37,40-49,51-58H2,1-6H3/b9-8-,12-11-,15-14-,18-17-,21-20-,24-23-,27-26-,30-29-,33-32-,36-35-,39-38-. The van der Waals surface area contributed by atoms with E-state index in [-0.39, 0.29) is 12.1 Å².